The summed E-state index contributed by atoms with van der Waals surface area (Å²) in [6, 6.07) is 0.112. The number of hydrogen-bond acceptors (Lipinski definition) is 2. The van der Waals surface area contributed by atoms with Crippen molar-refractivity contribution in [2.75, 3.05) is 0 Å². The molecule has 14 heavy (non-hydrogen) atoms. The summed E-state index contributed by atoms with van der Waals surface area (Å²) in [7, 11) is 0. The highest BCUT2D eigenvalue weighted by atomic mass is 35.5. The summed E-state index contributed by atoms with van der Waals surface area (Å²) in [6.07, 6.45) is 4.37. The van der Waals surface area contributed by atoms with Crippen LogP contribution in [0.25, 0.3) is 0 Å². The van der Waals surface area contributed by atoms with Gasteiger partial charge in [0.05, 0.1) is 0 Å². The molecule has 1 aliphatic rings. The Morgan fingerprint density at radius 2 is 1.71 bits per heavy atom. The lowest BCUT2D eigenvalue weighted by Crippen LogP contribution is -2.42. The molecule has 0 aromatic heterocycles. The Hall–Kier alpha value is -0.0800. The fourth-order valence-corrected chi connectivity index (χ4v) is 2.04. The van der Waals surface area contributed by atoms with Crippen molar-refractivity contribution in [2.45, 2.75) is 52.5 Å². The average molecular weight is 220 g/mol. The molecule has 1 aliphatic carbocycles. The molecule has 0 spiro atoms. The number of halogens is 1. The molecule has 0 aromatic rings. The zero-order chi connectivity index (χ0) is 10.1. The van der Waals surface area contributed by atoms with Gasteiger partial charge in [-0.25, -0.2) is 0 Å². The van der Waals surface area contributed by atoms with E-state index in [0.29, 0.717) is 5.78 Å². The second-order valence-electron chi connectivity index (χ2n) is 5.17. The van der Waals surface area contributed by atoms with Crippen molar-refractivity contribution in [1.29, 1.82) is 0 Å². The third-order valence-electron chi connectivity index (χ3n) is 2.90. The monoisotopic (exact) mass is 219 g/mol. The van der Waals surface area contributed by atoms with Gasteiger partial charge in [0.2, 0.25) is 0 Å². The van der Waals surface area contributed by atoms with Gasteiger partial charge in [-0.15, -0.1) is 12.4 Å². The van der Waals surface area contributed by atoms with E-state index in [0.717, 1.165) is 12.8 Å². The van der Waals surface area contributed by atoms with E-state index < -0.39 is 0 Å². The Morgan fingerprint density at radius 1 is 1.21 bits per heavy atom. The fourth-order valence-electron chi connectivity index (χ4n) is 2.04. The van der Waals surface area contributed by atoms with Crippen LogP contribution >= 0.6 is 12.4 Å². The highest BCUT2D eigenvalue weighted by Gasteiger charge is 2.34. The molecule has 0 radical (unpaired) electrons. The molecular formula is C11H22ClNO. The summed E-state index contributed by atoms with van der Waals surface area (Å²) >= 11 is 0. The van der Waals surface area contributed by atoms with E-state index in [1.54, 1.807) is 0 Å². The minimum atomic E-state index is -0.223. The Kier molecular flexibility index (Phi) is 5.10. The van der Waals surface area contributed by atoms with Crippen LogP contribution in [0.4, 0.5) is 0 Å². The van der Waals surface area contributed by atoms with Crippen molar-refractivity contribution in [3.8, 4) is 0 Å². The molecule has 2 N–H and O–H groups in total. The topological polar surface area (TPSA) is 43.1 Å². The average Bonchev–Trinajstić information content (AvgIpc) is 2.02. The second kappa shape index (κ2) is 5.13. The smallest absolute Gasteiger partial charge is 0.142 e. The standard InChI is InChI=1S/C11H21NO.ClH/c1-11(2,3)10(13)8-6-4-5-7-9(8)12;/h8-9H,4-7,12H2,1-3H3;1H. The molecule has 0 saturated heterocycles. The molecule has 0 heterocycles. The van der Waals surface area contributed by atoms with Crippen molar-refractivity contribution in [2.24, 2.45) is 17.1 Å². The van der Waals surface area contributed by atoms with Gasteiger partial charge in [0.15, 0.2) is 0 Å². The molecule has 0 aromatic carbocycles. The molecule has 2 unspecified atom stereocenters. The number of carbonyl (C=O) groups excluding carboxylic acids is 1. The van der Waals surface area contributed by atoms with E-state index in [4.69, 9.17) is 5.73 Å². The van der Waals surface area contributed by atoms with E-state index in [9.17, 15) is 4.79 Å². The third-order valence-corrected chi connectivity index (χ3v) is 2.90. The quantitative estimate of drug-likeness (QED) is 0.737. The van der Waals surface area contributed by atoms with Crippen LogP contribution in [0, 0.1) is 11.3 Å². The van der Waals surface area contributed by atoms with Crippen molar-refractivity contribution >= 4 is 18.2 Å². The molecule has 1 fully saturated rings. The Balaban J connectivity index is 0.00000169. The molecule has 2 nitrogen and oxygen atoms in total. The van der Waals surface area contributed by atoms with Crippen LogP contribution in [0.3, 0.4) is 0 Å². The van der Waals surface area contributed by atoms with Crippen LogP contribution in [-0.4, -0.2) is 11.8 Å². The van der Waals surface area contributed by atoms with Crippen molar-refractivity contribution < 1.29 is 4.79 Å². The maximum Gasteiger partial charge on any atom is 0.142 e. The fraction of sp³-hybridized carbons (Fsp3) is 0.909. The lowest BCUT2D eigenvalue weighted by Gasteiger charge is -2.32. The van der Waals surface area contributed by atoms with Crippen LogP contribution in [-0.2, 0) is 4.79 Å². The van der Waals surface area contributed by atoms with E-state index in [1.807, 2.05) is 20.8 Å². The van der Waals surface area contributed by atoms with Gasteiger partial charge in [-0.1, -0.05) is 33.6 Å². The Labute approximate surface area is 93.0 Å². The molecule has 0 bridgehead atoms. The van der Waals surface area contributed by atoms with Crippen LogP contribution in [0.2, 0.25) is 0 Å². The maximum absolute atomic E-state index is 12.0. The number of nitrogens with two attached hydrogens (primary N) is 1. The van der Waals surface area contributed by atoms with Crippen molar-refractivity contribution in [1.82, 2.24) is 0 Å². The molecule has 84 valence electrons. The summed E-state index contributed by atoms with van der Waals surface area (Å²) in [5.41, 5.74) is 5.73. The Bertz CT molecular complexity index is 198. The van der Waals surface area contributed by atoms with E-state index >= 15 is 0 Å². The van der Waals surface area contributed by atoms with Gasteiger partial charge < -0.3 is 5.73 Å². The summed E-state index contributed by atoms with van der Waals surface area (Å²) in [5, 5.41) is 0. The first-order valence-corrected chi connectivity index (χ1v) is 5.23. The van der Waals surface area contributed by atoms with Gasteiger partial charge in [-0.2, -0.15) is 0 Å². The van der Waals surface area contributed by atoms with Crippen LogP contribution < -0.4 is 5.73 Å². The molecule has 1 saturated carbocycles. The number of carbonyl (C=O) groups is 1. The number of hydrogen-bond donors (Lipinski definition) is 1. The highest BCUT2D eigenvalue weighted by molar-refractivity contribution is 5.86. The van der Waals surface area contributed by atoms with Gasteiger partial charge in [0, 0.05) is 17.4 Å². The maximum atomic E-state index is 12.0. The van der Waals surface area contributed by atoms with E-state index in [1.165, 1.54) is 12.8 Å². The van der Waals surface area contributed by atoms with Gasteiger partial charge in [0.1, 0.15) is 5.78 Å². The molecule has 3 heteroatoms. The molecule has 0 aliphatic heterocycles. The SMILES string of the molecule is CC(C)(C)C(=O)C1CCCCC1N.Cl. The first-order valence-electron chi connectivity index (χ1n) is 5.23. The first kappa shape index (κ1) is 13.9. The summed E-state index contributed by atoms with van der Waals surface area (Å²) in [6.45, 7) is 5.95. The lowest BCUT2D eigenvalue weighted by molar-refractivity contribution is -0.131. The number of ketones is 1. The largest absolute Gasteiger partial charge is 0.327 e. The summed E-state index contributed by atoms with van der Waals surface area (Å²) in [4.78, 5) is 12.0. The van der Waals surface area contributed by atoms with Crippen molar-refractivity contribution in [3.63, 3.8) is 0 Å². The van der Waals surface area contributed by atoms with Gasteiger partial charge in [-0.05, 0) is 12.8 Å². The van der Waals surface area contributed by atoms with Crippen LogP contribution in [0.1, 0.15) is 46.5 Å². The third kappa shape index (κ3) is 3.25. The molecule has 0 amide bonds. The van der Waals surface area contributed by atoms with Gasteiger partial charge in [0.25, 0.3) is 0 Å². The minimum Gasteiger partial charge on any atom is -0.327 e. The number of rotatable bonds is 1. The highest BCUT2D eigenvalue weighted by Crippen LogP contribution is 2.30. The van der Waals surface area contributed by atoms with E-state index in [2.05, 4.69) is 0 Å². The summed E-state index contributed by atoms with van der Waals surface area (Å²) < 4.78 is 0. The Morgan fingerprint density at radius 3 is 2.14 bits per heavy atom. The van der Waals surface area contributed by atoms with Gasteiger partial charge in [-0.3, -0.25) is 4.79 Å². The summed E-state index contributed by atoms with van der Waals surface area (Å²) in [5.74, 6) is 0.466. The van der Waals surface area contributed by atoms with Gasteiger partial charge >= 0.3 is 0 Å². The molecular weight excluding hydrogens is 198 g/mol. The van der Waals surface area contributed by atoms with Crippen molar-refractivity contribution in [3.05, 3.63) is 0 Å². The normalized spacial score (nSPS) is 28.0. The zero-order valence-corrected chi connectivity index (χ0v) is 10.2. The number of Topliss-reactive ketones (excluding diaryl/α,β-unsaturated/α-hetero) is 1. The lowest BCUT2D eigenvalue weighted by atomic mass is 9.74. The second-order valence-corrected chi connectivity index (χ2v) is 5.17. The zero-order valence-electron chi connectivity index (χ0n) is 9.38. The predicted octanol–water partition coefficient (Wildman–Crippen LogP) is 2.54. The van der Waals surface area contributed by atoms with E-state index in [-0.39, 0.29) is 29.8 Å². The molecule has 1 rings (SSSR count). The first-order chi connectivity index (χ1) is 5.93. The van der Waals surface area contributed by atoms with Crippen LogP contribution in [0.15, 0.2) is 0 Å². The minimum absolute atomic E-state index is 0. The molecule has 2 atom stereocenters. The van der Waals surface area contributed by atoms with Crippen LogP contribution in [0.5, 0.6) is 0 Å². The predicted molar refractivity (Wildman–Crippen MR) is 61.6 cm³/mol.